The van der Waals surface area contributed by atoms with E-state index in [0.717, 1.165) is 56.1 Å². The molecule has 2 aliphatic heterocycles. The maximum Gasteiger partial charge on any atom is 0.313 e. The summed E-state index contributed by atoms with van der Waals surface area (Å²) < 4.78 is 18.1. The Hall–Kier alpha value is -2.16. The van der Waals surface area contributed by atoms with Gasteiger partial charge in [0.15, 0.2) is 0 Å². The molecule has 0 spiro atoms. The van der Waals surface area contributed by atoms with E-state index in [0.29, 0.717) is 12.0 Å². The number of hydrogen-bond acceptors (Lipinski definition) is 8. The summed E-state index contributed by atoms with van der Waals surface area (Å²) in [6, 6.07) is 0. The average Bonchev–Trinajstić information content (AvgIpc) is 3.89. The molecular formula is C41H62O8. The standard InChI is InChI=1S/C41H62O8/c1-23(2)28-20-31(42)26(5)12-10-11-24(3)18-32(43)29-19-27(6)37-30(41(29,22-33(28)44)38(46)47-9)17-25(4)13-14-35-39(7,48-35)16-15-36-40(8,49-36)21-34(37)45/h17,23-24,26,28-30,34-36,45H,10-16,18-22H2,1-9H3/b25-17+/t24-,26+,28-,29+,30-,34-,35-,36-,39-,40-,41+/m1/s1. The minimum absolute atomic E-state index is 0.0000322. The van der Waals surface area contributed by atoms with E-state index in [1.54, 1.807) is 0 Å². The number of fused-ring (bicyclic) bond motifs is 5. The molecule has 8 nitrogen and oxygen atoms in total. The van der Waals surface area contributed by atoms with Gasteiger partial charge in [-0.2, -0.15) is 0 Å². The van der Waals surface area contributed by atoms with Crippen molar-refractivity contribution in [2.45, 2.75) is 162 Å². The molecule has 5 aliphatic rings. The number of aliphatic hydroxyl groups is 1. The molecule has 49 heavy (non-hydrogen) atoms. The van der Waals surface area contributed by atoms with Gasteiger partial charge in [-0.15, -0.1) is 0 Å². The summed E-state index contributed by atoms with van der Waals surface area (Å²) in [5.74, 6) is -3.16. The van der Waals surface area contributed by atoms with Gasteiger partial charge >= 0.3 is 5.97 Å². The Morgan fingerprint density at radius 1 is 0.918 bits per heavy atom. The highest BCUT2D eigenvalue weighted by atomic mass is 16.6. The largest absolute Gasteiger partial charge is 0.469 e. The minimum Gasteiger partial charge on any atom is -0.469 e. The SMILES string of the molecule is COC(=O)[C@@]12CC(=O)[C@@H](C(C)C)CC(=O)[C@@H](C)CCC[C@@H](C)CC(=O)[C@@H]1CC(C)=C1[C@H](O)C[C@@]3(C)O[C@@H]3CC[C@@]3(C)O[C@@H]3CC/C(C)=C/[C@H]12. The molecule has 0 radical (unpaired) electrons. The third kappa shape index (κ3) is 7.72. The van der Waals surface area contributed by atoms with Crippen LogP contribution >= 0.6 is 0 Å². The lowest BCUT2D eigenvalue weighted by molar-refractivity contribution is -0.166. The minimum atomic E-state index is -1.57. The Morgan fingerprint density at radius 2 is 1.59 bits per heavy atom. The molecule has 274 valence electrons. The lowest BCUT2D eigenvalue weighted by Crippen LogP contribution is -2.54. The highest BCUT2D eigenvalue weighted by Gasteiger charge is 2.62. The molecule has 5 rings (SSSR count). The van der Waals surface area contributed by atoms with Gasteiger partial charge in [0.2, 0.25) is 0 Å². The molecular weight excluding hydrogens is 620 g/mol. The van der Waals surface area contributed by atoms with Gasteiger partial charge < -0.3 is 19.3 Å². The van der Waals surface area contributed by atoms with Crippen LogP contribution in [0.2, 0.25) is 0 Å². The van der Waals surface area contributed by atoms with Crippen molar-refractivity contribution < 1.29 is 38.5 Å². The number of ketones is 3. The van der Waals surface area contributed by atoms with Crippen molar-refractivity contribution in [1.82, 2.24) is 0 Å². The van der Waals surface area contributed by atoms with Crippen molar-refractivity contribution in [2.24, 2.45) is 40.9 Å². The molecule has 0 aromatic rings. The molecule has 3 fully saturated rings. The van der Waals surface area contributed by atoms with Crippen molar-refractivity contribution >= 4 is 23.3 Å². The number of methoxy groups -OCH3 is 1. The smallest absolute Gasteiger partial charge is 0.313 e. The number of epoxide rings is 2. The maximum absolute atomic E-state index is 14.7. The Morgan fingerprint density at radius 3 is 2.27 bits per heavy atom. The third-order valence-corrected chi connectivity index (χ3v) is 13.2. The molecule has 1 N–H and O–H groups in total. The van der Waals surface area contributed by atoms with Crippen LogP contribution in [0.15, 0.2) is 22.8 Å². The fourth-order valence-electron chi connectivity index (χ4n) is 9.69. The number of Topliss-reactive ketones (excluding diaryl/α,β-unsaturated/α-hetero) is 3. The number of esters is 1. The molecule has 8 heteroatoms. The summed E-state index contributed by atoms with van der Waals surface area (Å²) in [5.41, 5.74) is 0.309. The summed E-state index contributed by atoms with van der Waals surface area (Å²) in [7, 11) is 1.33. The Balaban J connectivity index is 1.69. The van der Waals surface area contributed by atoms with Crippen LogP contribution in [0.4, 0.5) is 0 Å². The predicted octanol–water partition coefficient (Wildman–Crippen LogP) is 7.29. The number of ether oxygens (including phenoxy) is 3. The third-order valence-electron chi connectivity index (χ3n) is 13.2. The summed E-state index contributed by atoms with van der Waals surface area (Å²) in [6.07, 6.45) is 7.63. The van der Waals surface area contributed by atoms with Crippen LogP contribution in [0.5, 0.6) is 0 Å². The van der Waals surface area contributed by atoms with Crippen LogP contribution in [0.25, 0.3) is 0 Å². The van der Waals surface area contributed by atoms with Crippen molar-refractivity contribution in [1.29, 1.82) is 0 Å². The van der Waals surface area contributed by atoms with Gasteiger partial charge in [-0.3, -0.25) is 19.2 Å². The lowest BCUT2D eigenvalue weighted by Gasteiger charge is -2.49. The fourth-order valence-corrected chi connectivity index (χ4v) is 9.69. The highest BCUT2D eigenvalue weighted by Crippen LogP contribution is 2.57. The van der Waals surface area contributed by atoms with Gasteiger partial charge in [0.05, 0.1) is 42.0 Å². The van der Waals surface area contributed by atoms with Crippen molar-refractivity contribution in [3.05, 3.63) is 22.8 Å². The van der Waals surface area contributed by atoms with Gasteiger partial charge in [0.1, 0.15) is 17.3 Å². The molecule has 0 bridgehead atoms. The fraction of sp³-hybridized carbons (Fsp3) is 0.805. The van der Waals surface area contributed by atoms with E-state index >= 15 is 0 Å². The van der Waals surface area contributed by atoms with Crippen molar-refractivity contribution in [3.63, 3.8) is 0 Å². The van der Waals surface area contributed by atoms with Crippen LogP contribution in [-0.2, 0) is 33.4 Å². The first kappa shape index (κ1) is 38.1. The lowest BCUT2D eigenvalue weighted by atomic mass is 9.53. The number of aliphatic hydroxyl groups excluding tert-OH is 1. The van der Waals surface area contributed by atoms with Crippen molar-refractivity contribution in [3.8, 4) is 0 Å². The molecule has 0 amide bonds. The molecule has 0 unspecified atom stereocenters. The average molecular weight is 683 g/mol. The van der Waals surface area contributed by atoms with E-state index in [4.69, 9.17) is 14.2 Å². The summed E-state index contributed by atoms with van der Waals surface area (Å²) >= 11 is 0. The van der Waals surface area contributed by atoms with Crippen LogP contribution in [0, 0.1) is 40.9 Å². The first-order valence-electron chi connectivity index (χ1n) is 19.0. The summed E-state index contributed by atoms with van der Waals surface area (Å²) in [6.45, 7) is 16.1. The topological polar surface area (TPSA) is 123 Å². The van der Waals surface area contributed by atoms with E-state index in [-0.39, 0.29) is 78.6 Å². The number of allylic oxidation sites excluding steroid dienone is 3. The van der Waals surface area contributed by atoms with Gasteiger partial charge in [0.25, 0.3) is 0 Å². The van der Waals surface area contributed by atoms with Crippen LogP contribution in [0.3, 0.4) is 0 Å². The molecule has 0 aromatic heterocycles. The first-order chi connectivity index (χ1) is 23.0. The van der Waals surface area contributed by atoms with E-state index < -0.39 is 40.8 Å². The predicted molar refractivity (Wildman–Crippen MR) is 188 cm³/mol. The monoisotopic (exact) mass is 682 g/mol. The van der Waals surface area contributed by atoms with Crippen molar-refractivity contribution in [2.75, 3.05) is 7.11 Å². The Labute approximate surface area is 294 Å². The zero-order valence-corrected chi connectivity index (χ0v) is 31.6. The van der Waals surface area contributed by atoms with E-state index in [1.807, 2.05) is 41.5 Å². The van der Waals surface area contributed by atoms with Crippen LogP contribution < -0.4 is 0 Å². The second-order valence-electron chi connectivity index (χ2n) is 17.4. The van der Waals surface area contributed by atoms with E-state index in [2.05, 4.69) is 19.9 Å². The number of rotatable bonds is 2. The number of carbonyl (C=O) groups excluding carboxylic acids is 4. The summed E-state index contributed by atoms with van der Waals surface area (Å²) in [4.78, 5) is 57.5. The second-order valence-corrected chi connectivity index (χ2v) is 17.4. The molecule has 11 atom stereocenters. The number of carbonyl (C=O) groups is 4. The van der Waals surface area contributed by atoms with Crippen LogP contribution in [0.1, 0.15) is 132 Å². The first-order valence-corrected chi connectivity index (χ1v) is 19.0. The van der Waals surface area contributed by atoms with Gasteiger partial charge in [0, 0.05) is 49.4 Å². The van der Waals surface area contributed by atoms with Gasteiger partial charge in [-0.05, 0) is 83.6 Å². The Kier molecular flexibility index (Phi) is 11.2. The normalized spacial score (nSPS) is 43.9. The van der Waals surface area contributed by atoms with E-state index in [1.165, 1.54) is 7.11 Å². The van der Waals surface area contributed by atoms with E-state index in [9.17, 15) is 24.3 Å². The molecule has 0 aromatic carbocycles. The molecule has 1 saturated carbocycles. The maximum atomic E-state index is 14.7. The van der Waals surface area contributed by atoms with Gasteiger partial charge in [-0.1, -0.05) is 57.8 Å². The Bertz CT molecular complexity index is 1380. The zero-order chi connectivity index (χ0) is 36.1. The number of hydrogen-bond donors (Lipinski definition) is 1. The zero-order valence-electron chi connectivity index (χ0n) is 31.6. The second kappa shape index (κ2) is 14.5. The molecule has 2 saturated heterocycles. The molecule has 3 aliphatic carbocycles. The van der Waals surface area contributed by atoms with Crippen LogP contribution in [-0.4, -0.2) is 65.0 Å². The van der Waals surface area contributed by atoms with Gasteiger partial charge in [-0.25, -0.2) is 0 Å². The molecule has 2 heterocycles. The summed E-state index contributed by atoms with van der Waals surface area (Å²) in [5, 5.41) is 12.2. The highest BCUT2D eigenvalue weighted by molar-refractivity contribution is 5.97. The quantitative estimate of drug-likeness (QED) is 0.183.